The summed E-state index contributed by atoms with van der Waals surface area (Å²) < 4.78 is 28.3. The molecule has 2 aromatic carbocycles. The summed E-state index contributed by atoms with van der Waals surface area (Å²) in [6.45, 7) is 3.61. The first-order valence-corrected chi connectivity index (χ1v) is 7.04. The highest BCUT2D eigenvalue weighted by molar-refractivity contribution is 5.85. The molecule has 1 aromatic heterocycles. The zero-order valence-electron chi connectivity index (χ0n) is 12.3. The number of aromatic nitrogens is 1. The van der Waals surface area contributed by atoms with E-state index in [-0.39, 0.29) is 22.7 Å². The number of hydrogen-bond donors (Lipinski definition) is 1. The van der Waals surface area contributed by atoms with E-state index in [0.717, 1.165) is 0 Å². The Balaban J connectivity index is 2.20. The first kappa shape index (κ1) is 14.4. The molecule has 0 aliphatic rings. The highest BCUT2D eigenvalue weighted by atomic mass is 19.1. The number of phenolic OH excluding ortho intramolecular Hbond substituents is 1. The van der Waals surface area contributed by atoms with Gasteiger partial charge in [0.1, 0.15) is 22.9 Å². The van der Waals surface area contributed by atoms with E-state index >= 15 is 0 Å². The lowest BCUT2D eigenvalue weighted by Crippen LogP contribution is -1.95. The standard InChI is InChI=1S/C18H15F2NO/c1-10(2)17-14(19)7-13(9-16(17)22)12-6-11-4-3-5-21-18(11)15(20)8-12/h3-10,22H,1-2H3. The van der Waals surface area contributed by atoms with Crippen molar-refractivity contribution in [3.8, 4) is 16.9 Å². The van der Waals surface area contributed by atoms with Gasteiger partial charge in [0.2, 0.25) is 0 Å². The van der Waals surface area contributed by atoms with Crippen molar-refractivity contribution in [2.45, 2.75) is 19.8 Å². The summed E-state index contributed by atoms with van der Waals surface area (Å²) in [4.78, 5) is 3.99. The molecule has 0 atom stereocenters. The number of pyridine rings is 1. The number of rotatable bonds is 2. The van der Waals surface area contributed by atoms with E-state index in [1.165, 1.54) is 24.4 Å². The molecule has 0 saturated carbocycles. The lowest BCUT2D eigenvalue weighted by molar-refractivity contribution is 0.454. The van der Waals surface area contributed by atoms with Crippen molar-refractivity contribution in [1.82, 2.24) is 4.98 Å². The van der Waals surface area contributed by atoms with E-state index in [1.54, 1.807) is 32.0 Å². The number of aromatic hydroxyl groups is 1. The molecule has 0 spiro atoms. The van der Waals surface area contributed by atoms with Crippen LogP contribution in [0.5, 0.6) is 5.75 Å². The Hall–Kier alpha value is -2.49. The molecular formula is C18H15F2NO. The van der Waals surface area contributed by atoms with Crippen LogP contribution in [0.25, 0.3) is 22.0 Å². The van der Waals surface area contributed by atoms with Crippen LogP contribution in [0.15, 0.2) is 42.6 Å². The van der Waals surface area contributed by atoms with Gasteiger partial charge in [-0.1, -0.05) is 19.9 Å². The highest BCUT2D eigenvalue weighted by Crippen LogP contribution is 2.34. The van der Waals surface area contributed by atoms with Crippen molar-refractivity contribution in [2.24, 2.45) is 0 Å². The third-order valence-electron chi connectivity index (χ3n) is 3.68. The Bertz CT molecular complexity index is 836. The Kier molecular flexibility index (Phi) is 3.53. The third-order valence-corrected chi connectivity index (χ3v) is 3.68. The van der Waals surface area contributed by atoms with Gasteiger partial charge in [0.15, 0.2) is 0 Å². The number of hydrogen-bond acceptors (Lipinski definition) is 2. The number of halogens is 2. The van der Waals surface area contributed by atoms with Crippen LogP contribution < -0.4 is 0 Å². The molecular weight excluding hydrogens is 284 g/mol. The molecule has 0 aliphatic heterocycles. The van der Waals surface area contributed by atoms with Crippen LogP contribution in [-0.2, 0) is 0 Å². The monoisotopic (exact) mass is 299 g/mol. The third kappa shape index (κ3) is 2.41. The van der Waals surface area contributed by atoms with Crippen LogP contribution in [0.1, 0.15) is 25.3 Å². The zero-order valence-corrected chi connectivity index (χ0v) is 12.3. The van der Waals surface area contributed by atoms with E-state index in [4.69, 9.17) is 0 Å². The zero-order chi connectivity index (χ0) is 15.9. The maximum Gasteiger partial charge on any atom is 0.150 e. The summed E-state index contributed by atoms with van der Waals surface area (Å²) in [6, 6.07) is 9.29. The van der Waals surface area contributed by atoms with Crippen LogP contribution in [0, 0.1) is 11.6 Å². The van der Waals surface area contributed by atoms with Gasteiger partial charge in [0.25, 0.3) is 0 Å². The fourth-order valence-electron chi connectivity index (χ4n) is 2.66. The summed E-state index contributed by atoms with van der Waals surface area (Å²) in [7, 11) is 0. The molecule has 0 radical (unpaired) electrons. The Morgan fingerprint density at radius 2 is 1.68 bits per heavy atom. The van der Waals surface area contributed by atoms with E-state index in [9.17, 15) is 13.9 Å². The average Bonchev–Trinajstić information content (AvgIpc) is 2.46. The Morgan fingerprint density at radius 1 is 1.00 bits per heavy atom. The van der Waals surface area contributed by atoms with Gasteiger partial charge in [-0.25, -0.2) is 8.78 Å². The molecule has 0 fully saturated rings. The predicted molar refractivity (Wildman–Crippen MR) is 82.8 cm³/mol. The quantitative estimate of drug-likeness (QED) is 0.721. The van der Waals surface area contributed by atoms with Gasteiger partial charge >= 0.3 is 0 Å². The van der Waals surface area contributed by atoms with Gasteiger partial charge in [-0.05, 0) is 47.4 Å². The van der Waals surface area contributed by atoms with Gasteiger partial charge in [-0.15, -0.1) is 0 Å². The maximum absolute atomic E-state index is 14.2. The molecule has 22 heavy (non-hydrogen) atoms. The second-order valence-electron chi connectivity index (χ2n) is 5.58. The minimum atomic E-state index is -0.489. The lowest BCUT2D eigenvalue weighted by Gasteiger charge is -2.12. The maximum atomic E-state index is 14.2. The summed E-state index contributed by atoms with van der Waals surface area (Å²) in [6.07, 6.45) is 1.52. The summed E-state index contributed by atoms with van der Waals surface area (Å²) in [5.41, 5.74) is 1.48. The molecule has 1 heterocycles. The van der Waals surface area contributed by atoms with Crippen LogP contribution in [0.2, 0.25) is 0 Å². The summed E-state index contributed by atoms with van der Waals surface area (Å²) in [5, 5.41) is 10.7. The smallest absolute Gasteiger partial charge is 0.150 e. The topological polar surface area (TPSA) is 33.1 Å². The molecule has 3 aromatic rings. The van der Waals surface area contributed by atoms with Gasteiger partial charge in [0, 0.05) is 17.1 Å². The molecule has 112 valence electrons. The van der Waals surface area contributed by atoms with E-state index in [0.29, 0.717) is 16.5 Å². The van der Waals surface area contributed by atoms with Crippen molar-refractivity contribution in [2.75, 3.05) is 0 Å². The molecule has 0 saturated heterocycles. The molecule has 4 heteroatoms. The van der Waals surface area contributed by atoms with Gasteiger partial charge in [-0.3, -0.25) is 4.98 Å². The van der Waals surface area contributed by atoms with Crippen molar-refractivity contribution in [1.29, 1.82) is 0 Å². The fraction of sp³-hybridized carbons (Fsp3) is 0.167. The fourth-order valence-corrected chi connectivity index (χ4v) is 2.66. The molecule has 1 N–H and O–H groups in total. The number of benzene rings is 2. The normalized spacial score (nSPS) is 11.3. The first-order chi connectivity index (χ1) is 10.5. The molecule has 0 amide bonds. The van der Waals surface area contributed by atoms with Crippen LogP contribution in [-0.4, -0.2) is 10.1 Å². The molecule has 0 aliphatic carbocycles. The van der Waals surface area contributed by atoms with E-state index in [1.807, 2.05) is 0 Å². The number of nitrogens with zero attached hydrogens (tertiary/aromatic N) is 1. The first-order valence-electron chi connectivity index (χ1n) is 7.04. The molecule has 2 nitrogen and oxygen atoms in total. The average molecular weight is 299 g/mol. The number of fused-ring (bicyclic) bond motifs is 1. The summed E-state index contributed by atoms with van der Waals surface area (Å²) in [5.74, 6) is -1.21. The van der Waals surface area contributed by atoms with Crippen LogP contribution in [0.4, 0.5) is 8.78 Å². The van der Waals surface area contributed by atoms with Crippen LogP contribution in [0.3, 0.4) is 0 Å². The minimum absolute atomic E-state index is 0.114. The van der Waals surface area contributed by atoms with Crippen molar-refractivity contribution >= 4 is 10.9 Å². The Labute approximate surface area is 127 Å². The second-order valence-corrected chi connectivity index (χ2v) is 5.58. The second kappa shape index (κ2) is 5.37. The largest absolute Gasteiger partial charge is 0.508 e. The SMILES string of the molecule is CC(C)c1c(O)cc(-c2cc(F)c3ncccc3c2)cc1F. The highest BCUT2D eigenvalue weighted by Gasteiger charge is 2.15. The van der Waals surface area contributed by atoms with E-state index in [2.05, 4.69) is 4.98 Å². The predicted octanol–water partition coefficient (Wildman–Crippen LogP) is 5.01. The van der Waals surface area contributed by atoms with Gasteiger partial charge in [0.05, 0.1) is 0 Å². The van der Waals surface area contributed by atoms with Crippen molar-refractivity contribution < 1.29 is 13.9 Å². The van der Waals surface area contributed by atoms with Crippen LogP contribution >= 0.6 is 0 Å². The Morgan fingerprint density at radius 3 is 2.36 bits per heavy atom. The molecule has 0 unspecified atom stereocenters. The van der Waals surface area contributed by atoms with Crippen molar-refractivity contribution in [3.63, 3.8) is 0 Å². The van der Waals surface area contributed by atoms with Gasteiger partial charge < -0.3 is 5.11 Å². The molecule has 0 bridgehead atoms. The minimum Gasteiger partial charge on any atom is -0.508 e. The lowest BCUT2D eigenvalue weighted by atomic mass is 9.96. The number of phenols is 1. The summed E-state index contributed by atoms with van der Waals surface area (Å²) >= 11 is 0. The van der Waals surface area contributed by atoms with Gasteiger partial charge in [-0.2, -0.15) is 0 Å². The van der Waals surface area contributed by atoms with Crippen molar-refractivity contribution in [3.05, 3.63) is 59.8 Å². The van der Waals surface area contributed by atoms with E-state index < -0.39 is 11.6 Å². The molecule has 3 rings (SSSR count).